The van der Waals surface area contributed by atoms with E-state index in [0.717, 1.165) is 17.5 Å². The molecular formula is C17H21N3O4S. The van der Waals surface area contributed by atoms with Gasteiger partial charge in [0.1, 0.15) is 5.75 Å². The molecule has 1 N–H and O–H groups in total. The minimum absolute atomic E-state index is 0.102. The zero-order chi connectivity index (χ0) is 18.3. The summed E-state index contributed by atoms with van der Waals surface area (Å²) in [6.07, 6.45) is 2.83. The molecule has 0 radical (unpaired) electrons. The van der Waals surface area contributed by atoms with Crippen LogP contribution in [0.3, 0.4) is 0 Å². The number of carbonyl (C=O) groups excluding carboxylic acids is 1. The molecular weight excluding hydrogens is 342 g/mol. The zero-order valence-electron chi connectivity index (χ0n) is 14.2. The van der Waals surface area contributed by atoms with Gasteiger partial charge in [-0.15, -0.1) is 0 Å². The molecule has 0 fully saturated rings. The lowest BCUT2D eigenvalue weighted by Gasteiger charge is -2.14. The van der Waals surface area contributed by atoms with Crippen molar-refractivity contribution in [3.05, 3.63) is 59.9 Å². The number of aromatic nitrogens is 1. The first kappa shape index (κ1) is 18.9. The number of amides is 1. The fourth-order valence-corrected chi connectivity index (χ4v) is 2.34. The van der Waals surface area contributed by atoms with Gasteiger partial charge in [-0.2, -0.15) is 0 Å². The SMILES string of the molecule is CN(Cc1ccc(OCC(=O)NCc2ccccn2)cc1)S(C)(=O)=O. The van der Waals surface area contributed by atoms with Crippen molar-refractivity contribution in [1.29, 1.82) is 0 Å². The number of nitrogens with one attached hydrogen (secondary N) is 1. The maximum absolute atomic E-state index is 11.8. The van der Waals surface area contributed by atoms with E-state index in [0.29, 0.717) is 12.3 Å². The number of rotatable bonds is 8. The summed E-state index contributed by atoms with van der Waals surface area (Å²) in [7, 11) is -1.70. The predicted octanol–water partition coefficient (Wildman–Crippen LogP) is 1.17. The van der Waals surface area contributed by atoms with Crippen molar-refractivity contribution in [2.75, 3.05) is 19.9 Å². The molecule has 2 rings (SSSR count). The Morgan fingerprint density at radius 1 is 1.20 bits per heavy atom. The van der Waals surface area contributed by atoms with Crippen LogP contribution in [0.4, 0.5) is 0 Å². The number of pyridine rings is 1. The van der Waals surface area contributed by atoms with E-state index in [-0.39, 0.29) is 19.1 Å². The number of hydrogen-bond donors (Lipinski definition) is 1. The number of hydrogen-bond acceptors (Lipinski definition) is 5. The molecule has 8 heteroatoms. The van der Waals surface area contributed by atoms with Gasteiger partial charge < -0.3 is 10.1 Å². The van der Waals surface area contributed by atoms with E-state index >= 15 is 0 Å². The second-order valence-corrected chi connectivity index (χ2v) is 7.64. The van der Waals surface area contributed by atoms with Crippen LogP contribution >= 0.6 is 0 Å². The van der Waals surface area contributed by atoms with Crippen molar-refractivity contribution in [3.8, 4) is 5.75 Å². The molecule has 134 valence electrons. The van der Waals surface area contributed by atoms with Gasteiger partial charge in [-0.1, -0.05) is 18.2 Å². The average Bonchev–Trinajstić information content (AvgIpc) is 2.59. The Kier molecular flexibility index (Phi) is 6.49. The average molecular weight is 363 g/mol. The summed E-state index contributed by atoms with van der Waals surface area (Å²) in [6.45, 7) is 0.527. The lowest BCUT2D eigenvalue weighted by atomic mass is 10.2. The van der Waals surface area contributed by atoms with Gasteiger partial charge in [0.2, 0.25) is 10.0 Å². The highest BCUT2D eigenvalue weighted by Crippen LogP contribution is 2.14. The summed E-state index contributed by atoms with van der Waals surface area (Å²) >= 11 is 0. The van der Waals surface area contributed by atoms with Crippen molar-refractivity contribution in [3.63, 3.8) is 0 Å². The van der Waals surface area contributed by atoms with Gasteiger partial charge in [-0.3, -0.25) is 9.78 Å². The highest BCUT2D eigenvalue weighted by Gasteiger charge is 2.11. The Hall–Kier alpha value is -2.45. The molecule has 0 saturated heterocycles. The van der Waals surface area contributed by atoms with Gasteiger partial charge >= 0.3 is 0 Å². The first-order valence-corrected chi connectivity index (χ1v) is 9.49. The Labute approximate surface area is 147 Å². The fraction of sp³-hybridized carbons (Fsp3) is 0.294. The van der Waals surface area contributed by atoms with Gasteiger partial charge in [0.05, 0.1) is 18.5 Å². The van der Waals surface area contributed by atoms with Crippen molar-refractivity contribution in [2.24, 2.45) is 0 Å². The van der Waals surface area contributed by atoms with Crippen molar-refractivity contribution < 1.29 is 17.9 Å². The molecule has 1 heterocycles. The van der Waals surface area contributed by atoms with E-state index in [9.17, 15) is 13.2 Å². The van der Waals surface area contributed by atoms with Crippen LogP contribution in [0.15, 0.2) is 48.7 Å². The van der Waals surface area contributed by atoms with E-state index < -0.39 is 10.0 Å². The first-order valence-electron chi connectivity index (χ1n) is 7.64. The summed E-state index contributed by atoms with van der Waals surface area (Å²) in [5.74, 6) is 0.297. The van der Waals surface area contributed by atoms with Crippen LogP contribution < -0.4 is 10.1 Å². The molecule has 0 spiro atoms. The topological polar surface area (TPSA) is 88.6 Å². The predicted molar refractivity (Wildman–Crippen MR) is 94.3 cm³/mol. The Balaban J connectivity index is 1.78. The van der Waals surface area contributed by atoms with Gasteiger partial charge in [-0.25, -0.2) is 12.7 Å². The van der Waals surface area contributed by atoms with Crippen LogP contribution in [0.25, 0.3) is 0 Å². The minimum atomic E-state index is -3.22. The van der Waals surface area contributed by atoms with Gasteiger partial charge in [0, 0.05) is 19.8 Å². The molecule has 0 aliphatic heterocycles. The number of benzene rings is 1. The third kappa shape index (κ3) is 6.52. The first-order chi connectivity index (χ1) is 11.8. The highest BCUT2D eigenvalue weighted by atomic mass is 32.2. The Morgan fingerprint density at radius 3 is 2.52 bits per heavy atom. The zero-order valence-corrected chi connectivity index (χ0v) is 15.0. The molecule has 1 amide bonds. The third-order valence-corrected chi connectivity index (χ3v) is 4.72. The molecule has 0 saturated carbocycles. The van der Waals surface area contributed by atoms with Crippen molar-refractivity contribution in [2.45, 2.75) is 13.1 Å². The summed E-state index contributed by atoms with van der Waals surface area (Å²) in [6, 6.07) is 12.4. The smallest absolute Gasteiger partial charge is 0.258 e. The minimum Gasteiger partial charge on any atom is -0.484 e. The standard InChI is InChI=1S/C17H21N3O4S/c1-20(25(2,22)23)12-14-6-8-16(9-7-14)24-13-17(21)19-11-15-5-3-4-10-18-15/h3-10H,11-13H2,1-2H3,(H,19,21). The maximum atomic E-state index is 11.8. The molecule has 0 unspecified atom stereocenters. The number of ether oxygens (including phenoxy) is 1. The van der Waals surface area contributed by atoms with Crippen LogP contribution in [-0.2, 0) is 27.9 Å². The fourth-order valence-electron chi connectivity index (χ4n) is 1.96. The van der Waals surface area contributed by atoms with Crippen LogP contribution in [0.5, 0.6) is 5.75 Å². The summed E-state index contributed by atoms with van der Waals surface area (Å²) < 4.78 is 29.5. The lowest BCUT2D eigenvalue weighted by Crippen LogP contribution is -2.28. The van der Waals surface area contributed by atoms with Crippen LogP contribution in [0.2, 0.25) is 0 Å². The van der Waals surface area contributed by atoms with E-state index in [1.165, 1.54) is 11.4 Å². The molecule has 7 nitrogen and oxygen atoms in total. The van der Waals surface area contributed by atoms with Gasteiger partial charge in [0.25, 0.3) is 5.91 Å². The van der Waals surface area contributed by atoms with E-state index in [1.807, 2.05) is 18.2 Å². The maximum Gasteiger partial charge on any atom is 0.258 e. The summed E-state index contributed by atoms with van der Waals surface area (Å²) in [5.41, 5.74) is 1.61. The molecule has 0 aliphatic carbocycles. The second-order valence-electron chi connectivity index (χ2n) is 5.55. The molecule has 0 bridgehead atoms. The highest BCUT2D eigenvalue weighted by molar-refractivity contribution is 7.88. The molecule has 0 aliphatic rings. The van der Waals surface area contributed by atoms with Crippen LogP contribution in [-0.4, -0.2) is 43.5 Å². The van der Waals surface area contributed by atoms with Crippen LogP contribution in [0.1, 0.15) is 11.3 Å². The lowest BCUT2D eigenvalue weighted by molar-refractivity contribution is -0.123. The van der Waals surface area contributed by atoms with Crippen molar-refractivity contribution in [1.82, 2.24) is 14.6 Å². The second kappa shape index (κ2) is 8.59. The van der Waals surface area contributed by atoms with E-state index in [1.54, 1.807) is 30.5 Å². The number of carbonyl (C=O) groups is 1. The summed E-state index contributed by atoms with van der Waals surface area (Å²) in [4.78, 5) is 15.9. The van der Waals surface area contributed by atoms with E-state index in [4.69, 9.17) is 4.74 Å². The molecule has 2 aromatic rings. The normalized spacial score (nSPS) is 11.3. The van der Waals surface area contributed by atoms with Crippen LogP contribution in [0, 0.1) is 0 Å². The number of nitrogens with zero attached hydrogens (tertiary/aromatic N) is 2. The Morgan fingerprint density at radius 2 is 1.92 bits per heavy atom. The number of sulfonamides is 1. The molecule has 0 atom stereocenters. The van der Waals surface area contributed by atoms with E-state index in [2.05, 4.69) is 10.3 Å². The monoisotopic (exact) mass is 363 g/mol. The van der Waals surface area contributed by atoms with Crippen molar-refractivity contribution >= 4 is 15.9 Å². The quantitative estimate of drug-likeness (QED) is 0.760. The third-order valence-electron chi connectivity index (χ3n) is 3.46. The largest absolute Gasteiger partial charge is 0.484 e. The van der Waals surface area contributed by atoms with Gasteiger partial charge in [0.15, 0.2) is 6.61 Å². The Bertz CT molecular complexity index is 792. The molecule has 1 aromatic carbocycles. The molecule has 1 aromatic heterocycles. The summed E-state index contributed by atoms with van der Waals surface area (Å²) in [5, 5.41) is 2.72. The van der Waals surface area contributed by atoms with Gasteiger partial charge in [-0.05, 0) is 29.8 Å². The molecule has 25 heavy (non-hydrogen) atoms.